The first-order valence-electron chi connectivity index (χ1n) is 16.5. The zero-order chi connectivity index (χ0) is 34.5. The van der Waals surface area contributed by atoms with Crippen LogP contribution in [0.4, 0.5) is 0 Å². The van der Waals surface area contributed by atoms with E-state index in [0.29, 0.717) is 12.8 Å². The molecule has 0 N–H and O–H groups in total. The number of carbonyl (C=O) groups is 1. The number of hydrogen-bond donors (Lipinski definition) is 0. The van der Waals surface area contributed by atoms with Crippen molar-refractivity contribution in [3.05, 3.63) is 89.5 Å². The average molecular weight is 663 g/mol. The van der Waals surface area contributed by atoms with Gasteiger partial charge in [0.25, 0.3) is 0 Å². The minimum atomic E-state index is -4.33. The first-order chi connectivity index (χ1) is 21.0. The molecule has 3 aromatic carbocycles. The van der Waals surface area contributed by atoms with E-state index in [2.05, 4.69) is 135 Å². The third-order valence-electron chi connectivity index (χ3n) is 10.3. The van der Waals surface area contributed by atoms with Crippen molar-refractivity contribution >= 4 is 26.8 Å². The van der Waals surface area contributed by atoms with Crippen molar-refractivity contribution in [2.45, 2.75) is 126 Å². The van der Waals surface area contributed by atoms with Crippen LogP contribution >= 0.6 is 0 Å². The molecule has 0 aromatic heterocycles. The lowest BCUT2D eigenvalue weighted by Gasteiger charge is -2.37. The fraction of sp³-hybridized carbons (Fsp3) is 0.525. The van der Waals surface area contributed by atoms with Gasteiger partial charge in [-0.1, -0.05) is 113 Å². The van der Waals surface area contributed by atoms with E-state index in [1.807, 2.05) is 13.8 Å². The number of hydrogen-bond acceptors (Lipinski definition) is 4. The molecule has 0 spiro atoms. The molecule has 2 fully saturated rings. The van der Waals surface area contributed by atoms with Crippen molar-refractivity contribution in [1.29, 1.82) is 0 Å². The summed E-state index contributed by atoms with van der Waals surface area (Å²) in [6, 6.07) is 27.1. The molecule has 0 amide bonds. The van der Waals surface area contributed by atoms with Crippen LogP contribution < -0.4 is 0 Å². The number of fused-ring (bicyclic) bond motifs is 2. The normalized spacial score (nSPS) is 21.3. The standard InChI is InChI=1S/C30H39S.C10H16O4S/c1-28(2,3)22-20-25(29(4,5)6)27(26(21-22)30(7,8)9)31(23-16-12-10-13-17-23)24-18-14-11-15-19-24;1-9(2)7-3-4-10(9,8(11)5-7)6-15(12,13)14/h10-21H,1-9H3;7H,3-6H2,1-2H3,(H,12,13,14)/q+1;/p-1. The van der Waals surface area contributed by atoms with Crippen LogP contribution in [0.2, 0.25) is 0 Å². The van der Waals surface area contributed by atoms with Gasteiger partial charge >= 0.3 is 0 Å². The Balaban J connectivity index is 0.000000266. The van der Waals surface area contributed by atoms with Crippen LogP contribution in [0.1, 0.15) is 112 Å². The van der Waals surface area contributed by atoms with Crippen molar-refractivity contribution in [3.8, 4) is 0 Å². The lowest BCUT2D eigenvalue weighted by atomic mass is 9.70. The van der Waals surface area contributed by atoms with E-state index < -0.39 is 21.3 Å². The summed E-state index contributed by atoms with van der Waals surface area (Å²) < 4.78 is 32.7. The lowest BCUT2D eigenvalue weighted by molar-refractivity contribution is -0.128. The summed E-state index contributed by atoms with van der Waals surface area (Å²) in [7, 11) is -4.49. The Morgan fingerprint density at radius 1 is 0.761 bits per heavy atom. The van der Waals surface area contributed by atoms with Gasteiger partial charge in [0.05, 0.1) is 26.8 Å². The molecule has 2 unspecified atom stereocenters. The highest BCUT2D eigenvalue weighted by Crippen LogP contribution is 2.64. The van der Waals surface area contributed by atoms with E-state index in [-0.39, 0.29) is 44.3 Å². The summed E-state index contributed by atoms with van der Waals surface area (Å²) in [4.78, 5) is 16.1. The van der Waals surface area contributed by atoms with Crippen LogP contribution in [0.15, 0.2) is 87.5 Å². The summed E-state index contributed by atoms with van der Waals surface area (Å²) in [5.41, 5.74) is 3.35. The van der Waals surface area contributed by atoms with Gasteiger partial charge in [-0.25, -0.2) is 8.42 Å². The van der Waals surface area contributed by atoms with E-state index in [1.54, 1.807) is 0 Å². The first kappa shape index (κ1) is 36.4. The topological polar surface area (TPSA) is 74.3 Å². The quantitative estimate of drug-likeness (QED) is 0.201. The molecule has 2 atom stereocenters. The molecule has 0 aliphatic heterocycles. The van der Waals surface area contributed by atoms with Crippen molar-refractivity contribution in [2.24, 2.45) is 16.7 Å². The second kappa shape index (κ2) is 12.6. The summed E-state index contributed by atoms with van der Waals surface area (Å²) in [6.07, 6.45) is 1.88. The molecule has 2 aliphatic rings. The predicted octanol–water partition coefficient (Wildman–Crippen LogP) is 9.60. The van der Waals surface area contributed by atoms with Crippen molar-refractivity contribution in [1.82, 2.24) is 0 Å². The molecule has 2 saturated carbocycles. The van der Waals surface area contributed by atoms with Gasteiger partial charge in [0, 0.05) is 23.0 Å². The van der Waals surface area contributed by atoms with E-state index >= 15 is 0 Å². The summed E-state index contributed by atoms with van der Waals surface area (Å²) >= 11 is 0. The molecule has 5 rings (SSSR count). The Bertz CT molecular complexity index is 1580. The number of ketones is 1. The second-order valence-electron chi connectivity index (χ2n) is 17.0. The zero-order valence-electron chi connectivity index (χ0n) is 29.8. The molecule has 2 bridgehead atoms. The van der Waals surface area contributed by atoms with Crippen molar-refractivity contribution in [3.63, 3.8) is 0 Å². The minimum Gasteiger partial charge on any atom is -0.748 e. The Hall–Kier alpha value is -2.41. The van der Waals surface area contributed by atoms with Crippen LogP contribution in [-0.2, 0) is 42.1 Å². The van der Waals surface area contributed by atoms with Gasteiger partial charge in [-0.3, -0.25) is 4.79 Å². The van der Waals surface area contributed by atoms with Gasteiger partial charge in [0.15, 0.2) is 14.7 Å². The van der Waals surface area contributed by atoms with Gasteiger partial charge in [0.1, 0.15) is 5.78 Å². The smallest absolute Gasteiger partial charge is 0.174 e. The SMILES string of the molecule is CC(C)(C)c1cc(C(C)(C)C)c([S+](c2ccccc2)c2ccccc2)c(C(C)(C)C)c1.CC1(C)C2CCC1(CS(=O)(=O)[O-])C(=O)C2. The van der Waals surface area contributed by atoms with E-state index in [0.717, 1.165) is 6.42 Å². The maximum atomic E-state index is 11.8. The van der Waals surface area contributed by atoms with Crippen molar-refractivity contribution < 1.29 is 17.8 Å². The number of carbonyl (C=O) groups excluding carboxylic acids is 1. The Morgan fingerprint density at radius 2 is 1.20 bits per heavy atom. The predicted molar refractivity (Wildman–Crippen MR) is 191 cm³/mol. The van der Waals surface area contributed by atoms with Gasteiger partial charge in [-0.05, 0) is 82.4 Å². The van der Waals surface area contributed by atoms with Crippen LogP contribution in [0.3, 0.4) is 0 Å². The maximum Gasteiger partial charge on any atom is 0.174 e. The molecule has 250 valence electrons. The van der Waals surface area contributed by atoms with Gasteiger partial charge in [0.2, 0.25) is 0 Å². The van der Waals surface area contributed by atoms with Crippen LogP contribution in [0, 0.1) is 16.7 Å². The molecular formula is C40H54O4S2. The lowest BCUT2D eigenvalue weighted by Crippen LogP contribution is -2.42. The second-order valence-corrected chi connectivity index (χ2v) is 20.3. The molecule has 6 heteroatoms. The highest BCUT2D eigenvalue weighted by atomic mass is 32.2. The molecule has 3 aromatic rings. The summed E-state index contributed by atoms with van der Waals surface area (Å²) in [5, 5.41) is 0. The molecule has 4 nitrogen and oxygen atoms in total. The van der Waals surface area contributed by atoms with Crippen LogP contribution in [0.25, 0.3) is 0 Å². The van der Waals surface area contributed by atoms with E-state index in [1.165, 1.54) is 31.4 Å². The number of benzene rings is 3. The third-order valence-corrected chi connectivity index (χ3v) is 13.5. The van der Waals surface area contributed by atoms with E-state index in [4.69, 9.17) is 0 Å². The molecular weight excluding hydrogens is 609 g/mol. The maximum absolute atomic E-state index is 11.8. The fourth-order valence-corrected chi connectivity index (χ4v) is 11.3. The summed E-state index contributed by atoms with van der Waals surface area (Å²) in [5.74, 6) is -0.280. The number of rotatable bonds is 5. The highest BCUT2D eigenvalue weighted by molar-refractivity contribution is 7.97. The Kier molecular flexibility index (Phi) is 9.94. The highest BCUT2D eigenvalue weighted by Gasteiger charge is 2.64. The molecule has 46 heavy (non-hydrogen) atoms. The van der Waals surface area contributed by atoms with Crippen LogP contribution in [0.5, 0.6) is 0 Å². The van der Waals surface area contributed by atoms with Gasteiger partial charge < -0.3 is 4.55 Å². The van der Waals surface area contributed by atoms with Gasteiger partial charge in [-0.2, -0.15) is 0 Å². The largest absolute Gasteiger partial charge is 0.748 e. The van der Waals surface area contributed by atoms with Crippen molar-refractivity contribution in [2.75, 3.05) is 5.75 Å². The van der Waals surface area contributed by atoms with E-state index in [9.17, 15) is 17.8 Å². The fourth-order valence-electron chi connectivity index (χ4n) is 7.29. The first-order valence-corrected chi connectivity index (χ1v) is 19.3. The Morgan fingerprint density at radius 3 is 1.50 bits per heavy atom. The van der Waals surface area contributed by atoms with Crippen LogP contribution in [-0.4, -0.2) is 24.5 Å². The zero-order valence-corrected chi connectivity index (χ0v) is 31.4. The summed E-state index contributed by atoms with van der Waals surface area (Å²) in [6.45, 7) is 25.0. The molecule has 0 saturated heterocycles. The average Bonchev–Trinajstić information content (AvgIpc) is 3.26. The number of Topliss-reactive ketones (excluding diaryl/α,β-unsaturated/α-hetero) is 1. The third kappa shape index (κ3) is 7.34. The molecule has 0 heterocycles. The molecule has 2 aliphatic carbocycles. The molecule has 0 radical (unpaired) electrons. The minimum absolute atomic E-state index is 0.0248. The van der Waals surface area contributed by atoms with Gasteiger partial charge in [-0.15, -0.1) is 0 Å². The Labute approximate surface area is 281 Å². The monoisotopic (exact) mass is 662 g/mol.